The standard InChI is InChI=1S/C26H28ClN7O3/c1-4-21(36)33-10-6-5-7-17(13-33)34-24-18(12-19-23(22(24)27)30-20(35)14-32(19)3)29-26(34)31-25(37)16-8-9-28-15(2)11-16/h4,8-9,11-12,17H,1,5-7,10,13-14H2,2-3H3,(H,30,35)(H,29,31,37)/t17-/m1/s1. The Morgan fingerprint density at radius 1 is 1.30 bits per heavy atom. The predicted molar refractivity (Wildman–Crippen MR) is 143 cm³/mol. The smallest absolute Gasteiger partial charge is 0.258 e. The van der Waals surface area contributed by atoms with Crippen LogP contribution in [0.5, 0.6) is 0 Å². The molecule has 0 spiro atoms. The van der Waals surface area contributed by atoms with E-state index in [1.165, 1.54) is 6.08 Å². The molecule has 5 rings (SSSR count). The fraction of sp³-hybridized carbons (Fsp3) is 0.346. The number of aromatic nitrogens is 3. The van der Waals surface area contributed by atoms with E-state index in [1.54, 1.807) is 23.2 Å². The van der Waals surface area contributed by atoms with Crippen LogP contribution in [0.2, 0.25) is 5.02 Å². The largest absolute Gasteiger partial charge is 0.363 e. The van der Waals surface area contributed by atoms with Gasteiger partial charge in [0.1, 0.15) is 0 Å². The third-order valence-corrected chi connectivity index (χ3v) is 7.20. The zero-order valence-electron chi connectivity index (χ0n) is 20.8. The monoisotopic (exact) mass is 521 g/mol. The summed E-state index contributed by atoms with van der Waals surface area (Å²) in [4.78, 5) is 50.6. The molecule has 10 nitrogen and oxygen atoms in total. The highest BCUT2D eigenvalue weighted by atomic mass is 35.5. The number of nitrogens with one attached hydrogen (secondary N) is 2. The average molecular weight is 522 g/mol. The van der Waals surface area contributed by atoms with Crippen LogP contribution in [0.4, 0.5) is 17.3 Å². The summed E-state index contributed by atoms with van der Waals surface area (Å²) in [6.07, 6.45) is 5.39. The Morgan fingerprint density at radius 3 is 2.86 bits per heavy atom. The van der Waals surface area contributed by atoms with Crippen LogP contribution in [0.15, 0.2) is 37.1 Å². The second-order valence-corrected chi connectivity index (χ2v) is 9.82. The highest BCUT2D eigenvalue weighted by Gasteiger charge is 2.31. The Morgan fingerprint density at radius 2 is 2.11 bits per heavy atom. The van der Waals surface area contributed by atoms with E-state index in [2.05, 4.69) is 22.2 Å². The average Bonchev–Trinajstić information content (AvgIpc) is 3.05. The number of rotatable bonds is 4. The molecule has 2 aliphatic rings. The van der Waals surface area contributed by atoms with Gasteiger partial charge in [0.15, 0.2) is 0 Å². The molecule has 0 radical (unpaired) electrons. The van der Waals surface area contributed by atoms with E-state index in [9.17, 15) is 14.4 Å². The van der Waals surface area contributed by atoms with Crippen molar-refractivity contribution in [1.82, 2.24) is 19.4 Å². The van der Waals surface area contributed by atoms with Gasteiger partial charge in [0.2, 0.25) is 17.8 Å². The number of likely N-dealkylation sites (N-methyl/N-ethyl adjacent to an activating group) is 1. The first-order valence-electron chi connectivity index (χ1n) is 12.2. The molecule has 1 saturated heterocycles. The molecule has 11 heteroatoms. The van der Waals surface area contributed by atoms with Gasteiger partial charge in [-0.25, -0.2) is 4.98 Å². The zero-order valence-corrected chi connectivity index (χ0v) is 21.5. The van der Waals surface area contributed by atoms with Crippen molar-refractivity contribution in [2.75, 3.05) is 42.2 Å². The van der Waals surface area contributed by atoms with Crippen molar-refractivity contribution in [3.05, 3.63) is 53.3 Å². The summed E-state index contributed by atoms with van der Waals surface area (Å²) in [6, 6.07) is 5.00. The van der Waals surface area contributed by atoms with Crippen LogP contribution >= 0.6 is 11.6 Å². The van der Waals surface area contributed by atoms with Crippen LogP contribution in [-0.2, 0) is 9.59 Å². The minimum absolute atomic E-state index is 0.147. The molecule has 2 N–H and O–H groups in total. The lowest BCUT2D eigenvalue weighted by atomic mass is 10.1. The van der Waals surface area contributed by atoms with Crippen LogP contribution in [0, 0.1) is 6.92 Å². The Bertz CT molecular complexity index is 1430. The Labute approximate surface area is 219 Å². The van der Waals surface area contributed by atoms with Crippen molar-refractivity contribution in [2.45, 2.75) is 32.2 Å². The summed E-state index contributed by atoms with van der Waals surface area (Å²) in [6.45, 7) is 6.68. The van der Waals surface area contributed by atoms with Gasteiger partial charge in [0.05, 0.1) is 40.0 Å². The molecule has 1 aromatic carbocycles. The fourth-order valence-corrected chi connectivity index (χ4v) is 5.40. The molecule has 1 atom stereocenters. The van der Waals surface area contributed by atoms with Gasteiger partial charge in [-0.3, -0.25) is 24.7 Å². The molecule has 1 fully saturated rings. The number of fused-ring (bicyclic) bond motifs is 2. The number of imidazole rings is 1. The van der Waals surface area contributed by atoms with E-state index < -0.39 is 0 Å². The zero-order chi connectivity index (χ0) is 26.3. The van der Waals surface area contributed by atoms with Crippen LogP contribution < -0.4 is 15.5 Å². The van der Waals surface area contributed by atoms with Gasteiger partial charge >= 0.3 is 0 Å². The number of likely N-dealkylation sites (tertiary alicyclic amines) is 1. The first-order chi connectivity index (χ1) is 17.8. The lowest BCUT2D eigenvalue weighted by molar-refractivity contribution is -0.126. The molecule has 4 heterocycles. The van der Waals surface area contributed by atoms with Gasteiger partial charge in [-0.2, -0.15) is 0 Å². The molecule has 2 aliphatic heterocycles. The number of pyridine rings is 1. The summed E-state index contributed by atoms with van der Waals surface area (Å²) in [7, 11) is 1.81. The molecule has 0 bridgehead atoms. The maximum absolute atomic E-state index is 13.2. The second kappa shape index (κ2) is 9.85. The van der Waals surface area contributed by atoms with Crippen LogP contribution in [0.1, 0.15) is 41.4 Å². The maximum atomic E-state index is 13.2. The van der Waals surface area contributed by atoms with Crippen molar-refractivity contribution >= 4 is 57.7 Å². The Kier molecular flexibility index (Phi) is 6.59. The highest BCUT2D eigenvalue weighted by Crippen LogP contribution is 2.43. The molecule has 0 unspecified atom stereocenters. The highest BCUT2D eigenvalue weighted by molar-refractivity contribution is 6.39. The number of hydrogen-bond acceptors (Lipinski definition) is 6. The number of carbonyl (C=O) groups excluding carboxylic acids is 3. The van der Waals surface area contributed by atoms with E-state index in [1.807, 2.05) is 29.5 Å². The molecular formula is C26H28ClN7O3. The molecule has 0 saturated carbocycles. The third-order valence-electron chi connectivity index (χ3n) is 6.83. The predicted octanol–water partition coefficient (Wildman–Crippen LogP) is 3.77. The first kappa shape index (κ1) is 24.8. The fourth-order valence-electron chi connectivity index (χ4n) is 5.06. The second-order valence-electron chi connectivity index (χ2n) is 9.44. The number of carbonyl (C=O) groups is 3. The number of amides is 3. The molecule has 3 amide bonds. The number of hydrogen-bond donors (Lipinski definition) is 2. The minimum Gasteiger partial charge on any atom is -0.363 e. The van der Waals surface area contributed by atoms with E-state index in [0.717, 1.165) is 30.6 Å². The van der Waals surface area contributed by atoms with Gasteiger partial charge in [0.25, 0.3) is 5.91 Å². The van der Waals surface area contributed by atoms with Crippen molar-refractivity contribution in [3.8, 4) is 0 Å². The van der Waals surface area contributed by atoms with Gasteiger partial charge in [-0.15, -0.1) is 0 Å². The molecule has 3 aromatic rings. The Balaban J connectivity index is 1.66. The van der Waals surface area contributed by atoms with Gasteiger partial charge < -0.3 is 19.7 Å². The molecule has 192 valence electrons. The molecular weight excluding hydrogens is 494 g/mol. The lowest BCUT2D eigenvalue weighted by Gasteiger charge is -2.29. The Hall–Kier alpha value is -3.92. The summed E-state index contributed by atoms with van der Waals surface area (Å²) in [5, 5.41) is 6.18. The van der Waals surface area contributed by atoms with Crippen LogP contribution in [0.25, 0.3) is 11.0 Å². The molecule has 2 aromatic heterocycles. The number of benzene rings is 1. The van der Waals surface area contributed by atoms with Gasteiger partial charge in [-0.05, 0) is 50.5 Å². The summed E-state index contributed by atoms with van der Waals surface area (Å²) >= 11 is 6.95. The molecule has 37 heavy (non-hydrogen) atoms. The van der Waals surface area contributed by atoms with Crippen molar-refractivity contribution in [1.29, 1.82) is 0 Å². The quantitative estimate of drug-likeness (QED) is 0.505. The van der Waals surface area contributed by atoms with Crippen molar-refractivity contribution < 1.29 is 14.4 Å². The number of anilines is 3. The summed E-state index contributed by atoms with van der Waals surface area (Å²) < 4.78 is 1.90. The summed E-state index contributed by atoms with van der Waals surface area (Å²) in [5.41, 5.74) is 3.60. The number of aryl methyl sites for hydroxylation is 1. The lowest BCUT2D eigenvalue weighted by Crippen LogP contribution is -2.35. The van der Waals surface area contributed by atoms with Crippen LogP contribution in [0.3, 0.4) is 0 Å². The minimum atomic E-state index is -0.332. The van der Waals surface area contributed by atoms with Gasteiger partial charge in [-0.1, -0.05) is 18.2 Å². The van der Waals surface area contributed by atoms with E-state index >= 15 is 0 Å². The van der Waals surface area contributed by atoms with E-state index in [0.29, 0.717) is 46.3 Å². The SMILES string of the molecule is C=CC(=O)N1CCCC[C@@H](n2c(NC(=O)c3ccnc(C)c3)nc3cc4c(c(Cl)c32)NC(=O)CN4C)C1. The maximum Gasteiger partial charge on any atom is 0.258 e. The van der Waals surface area contributed by atoms with Crippen molar-refractivity contribution in [2.24, 2.45) is 0 Å². The normalized spacial score (nSPS) is 17.7. The van der Waals surface area contributed by atoms with E-state index in [-0.39, 0.29) is 30.3 Å². The van der Waals surface area contributed by atoms with E-state index in [4.69, 9.17) is 16.6 Å². The third kappa shape index (κ3) is 4.64. The topological polar surface area (TPSA) is 112 Å². The number of nitrogens with zero attached hydrogens (tertiary/aromatic N) is 5. The van der Waals surface area contributed by atoms with Crippen molar-refractivity contribution in [3.63, 3.8) is 0 Å². The van der Waals surface area contributed by atoms with Gasteiger partial charge in [0, 0.05) is 37.6 Å². The van der Waals surface area contributed by atoms with Crippen LogP contribution in [-0.4, -0.2) is 63.8 Å². The molecule has 0 aliphatic carbocycles. The summed E-state index contributed by atoms with van der Waals surface area (Å²) in [5.74, 6) is -0.320. The number of halogens is 1. The first-order valence-corrected chi connectivity index (χ1v) is 12.6.